The molecule has 2 aliphatic rings. The van der Waals surface area contributed by atoms with E-state index >= 15 is 0 Å². The van der Waals surface area contributed by atoms with Gasteiger partial charge in [0.25, 0.3) is 0 Å². The van der Waals surface area contributed by atoms with E-state index in [1.165, 1.54) is 12.8 Å². The second-order valence-corrected chi connectivity index (χ2v) is 7.69. The number of piperazine rings is 1. The first-order valence-corrected chi connectivity index (χ1v) is 10.3. The standard InChI is InChI=1S/C21H30N6O/c1-3-12-25-13-15-26(16-14-25)20(18-10-6-7-11-19(18)28-2)21-22-23-24-27(21)17-8-4-5-9-17/h3,6-7,10-11,17,20H,1,4-5,8-9,12-16H2,2H3/t20-/m1/s1. The molecular formula is C21H30N6O. The Morgan fingerprint density at radius 2 is 1.93 bits per heavy atom. The summed E-state index contributed by atoms with van der Waals surface area (Å²) >= 11 is 0. The van der Waals surface area contributed by atoms with Crippen LogP contribution in [0.4, 0.5) is 0 Å². The Bertz CT molecular complexity index is 777. The van der Waals surface area contributed by atoms with Crippen molar-refractivity contribution in [3.63, 3.8) is 0 Å². The molecule has 7 nitrogen and oxygen atoms in total. The van der Waals surface area contributed by atoms with Crippen LogP contribution in [0.3, 0.4) is 0 Å². The number of aromatic nitrogens is 4. The number of rotatable bonds is 7. The Morgan fingerprint density at radius 3 is 2.64 bits per heavy atom. The van der Waals surface area contributed by atoms with Gasteiger partial charge < -0.3 is 4.74 Å². The molecule has 2 fully saturated rings. The maximum Gasteiger partial charge on any atom is 0.173 e. The highest BCUT2D eigenvalue weighted by atomic mass is 16.5. The van der Waals surface area contributed by atoms with Crippen molar-refractivity contribution in [2.75, 3.05) is 39.8 Å². The summed E-state index contributed by atoms with van der Waals surface area (Å²) in [5, 5.41) is 13.0. The molecule has 1 aliphatic carbocycles. The van der Waals surface area contributed by atoms with E-state index in [9.17, 15) is 0 Å². The second kappa shape index (κ2) is 8.84. The van der Waals surface area contributed by atoms with Gasteiger partial charge in [0.1, 0.15) is 11.8 Å². The van der Waals surface area contributed by atoms with Crippen LogP contribution in [0.15, 0.2) is 36.9 Å². The van der Waals surface area contributed by atoms with E-state index < -0.39 is 0 Å². The van der Waals surface area contributed by atoms with E-state index in [1.807, 2.05) is 18.2 Å². The summed E-state index contributed by atoms with van der Waals surface area (Å²) in [6.45, 7) is 8.78. The van der Waals surface area contributed by atoms with Crippen LogP contribution < -0.4 is 4.74 Å². The minimum absolute atomic E-state index is 0.00219. The molecule has 0 unspecified atom stereocenters. The van der Waals surface area contributed by atoms with Gasteiger partial charge in [0.2, 0.25) is 0 Å². The largest absolute Gasteiger partial charge is 0.496 e. The zero-order valence-electron chi connectivity index (χ0n) is 16.7. The lowest BCUT2D eigenvalue weighted by Gasteiger charge is -2.39. The van der Waals surface area contributed by atoms with E-state index in [4.69, 9.17) is 4.74 Å². The first kappa shape index (κ1) is 19.1. The Balaban J connectivity index is 1.69. The maximum atomic E-state index is 5.71. The van der Waals surface area contributed by atoms with E-state index in [0.29, 0.717) is 6.04 Å². The zero-order valence-corrected chi connectivity index (χ0v) is 16.7. The molecule has 150 valence electrons. The highest BCUT2D eigenvalue weighted by molar-refractivity contribution is 5.39. The molecule has 0 bridgehead atoms. The van der Waals surface area contributed by atoms with Gasteiger partial charge in [0.05, 0.1) is 13.2 Å². The van der Waals surface area contributed by atoms with Crippen LogP contribution in [0.2, 0.25) is 0 Å². The molecule has 2 aromatic rings. The number of methoxy groups -OCH3 is 1. The lowest BCUT2D eigenvalue weighted by molar-refractivity contribution is 0.110. The third kappa shape index (κ3) is 3.82. The van der Waals surface area contributed by atoms with Gasteiger partial charge in [-0.1, -0.05) is 37.1 Å². The molecule has 28 heavy (non-hydrogen) atoms. The average molecular weight is 383 g/mol. The number of ether oxygens (including phenoxy) is 1. The van der Waals surface area contributed by atoms with Crippen molar-refractivity contribution in [2.24, 2.45) is 0 Å². The molecular weight excluding hydrogens is 352 g/mol. The minimum atomic E-state index is -0.00219. The first-order valence-electron chi connectivity index (χ1n) is 10.3. The first-order chi connectivity index (χ1) is 13.8. The number of hydrogen-bond acceptors (Lipinski definition) is 6. The molecule has 1 aliphatic heterocycles. The van der Waals surface area contributed by atoms with Crippen LogP contribution >= 0.6 is 0 Å². The summed E-state index contributed by atoms with van der Waals surface area (Å²) in [5.41, 5.74) is 1.14. The van der Waals surface area contributed by atoms with E-state index in [-0.39, 0.29) is 6.04 Å². The molecule has 0 radical (unpaired) electrons. The van der Waals surface area contributed by atoms with Crippen molar-refractivity contribution in [2.45, 2.75) is 37.8 Å². The Hall–Kier alpha value is -2.25. The van der Waals surface area contributed by atoms with Gasteiger partial charge in [0, 0.05) is 38.3 Å². The van der Waals surface area contributed by atoms with Gasteiger partial charge in [-0.2, -0.15) is 0 Å². The number of benzene rings is 1. The fraction of sp³-hybridized carbons (Fsp3) is 0.571. The maximum absolute atomic E-state index is 5.71. The Kier molecular flexibility index (Phi) is 6.02. The topological polar surface area (TPSA) is 59.3 Å². The van der Waals surface area contributed by atoms with Crippen LogP contribution in [0.5, 0.6) is 5.75 Å². The van der Waals surface area contributed by atoms with Crippen LogP contribution in [0.1, 0.15) is 49.2 Å². The van der Waals surface area contributed by atoms with Gasteiger partial charge in [-0.15, -0.1) is 11.7 Å². The Morgan fingerprint density at radius 1 is 1.18 bits per heavy atom. The fourth-order valence-electron chi connectivity index (χ4n) is 4.57. The lowest BCUT2D eigenvalue weighted by atomic mass is 10.0. The van der Waals surface area contributed by atoms with Crippen LogP contribution in [-0.4, -0.2) is 69.8 Å². The van der Waals surface area contributed by atoms with Gasteiger partial charge in [0.15, 0.2) is 5.82 Å². The molecule has 1 atom stereocenters. The Labute approximate surface area is 167 Å². The molecule has 1 saturated heterocycles. The molecule has 1 aromatic heterocycles. The smallest absolute Gasteiger partial charge is 0.173 e. The number of nitrogens with zero attached hydrogens (tertiary/aromatic N) is 6. The molecule has 7 heteroatoms. The zero-order chi connectivity index (χ0) is 19.3. The predicted molar refractivity (Wildman–Crippen MR) is 108 cm³/mol. The van der Waals surface area contributed by atoms with Crippen LogP contribution in [-0.2, 0) is 0 Å². The fourth-order valence-corrected chi connectivity index (χ4v) is 4.57. The number of tetrazole rings is 1. The lowest BCUT2D eigenvalue weighted by Crippen LogP contribution is -2.48. The number of hydrogen-bond donors (Lipinski definition) is 0. The highest BCUT2D eigenvalue weighted by Crippen LogP contribution is 2.37. The predicted octanol–water partition coefficient (Wildman–Crippen LogP) is 2.69. The summed E-state index contributed by atoms with van der Waals surface area (Å²) in [5.74, 6) is 1.83. The van der Waals surface area contributed by atoms with E-state index in [1.54, 1.807) is 7.11 Å². The normalized spacial score (nSPS) is 20.3. The van der Waals surface area contributed by atoms with Crippen molar-refractivity contribution in [3.8, 4) is 5.75 Å². The molecule has 0 amide bonds. The van der Waals surface area contributed by atoms with Gasteiger partial charge in [-0.25, -0.2) is 4.68 Å². The quantitative estimate of drug-likeness (QED) is 0.686. The van der Waals surface area contributed by atoms with Crippen molar-refractivity contribution >= 4 is 0 Å². The molecule has 0 spiro atoms. The molecule has 2 heterocycles. The third-order valence-electron chi connectivity index (χ3n) is 6.03. The van der Waals surface area contributed by atoms with Crippen molar-refractivity contribution < 1.29 is 4.74 Å². The second-order valence-electron chi connectivity index (χ2n) is 7.69. The minimum Gasteiger partial charge on any atom is -0.496 e. The average Bonchev–Trinajstić information content (AvgIpc) is 3.42. The molecule has 0 N–H and O–H groups in total. The third-order valence-corrected chi connectivity index (χ3v) is 6.03. The van der Waals surface area contributed by atoms with Crippen molar-refractivity contribution in [1.29, 1.82) is 0 Å². The van der Waals surface area contributed by atoms with Crippen LogP contribution in [0.25, 0.3) is 0 Å². The van der Waals surface area contributed by atoms with Crippen molar-refractivity contribution in [1.82, 2.24) is 30.0 Å². The monoisotopic (exact) mass is 382 g/mol. The molecule has 1 aromatic carbocycles. The SMILES string of the molecule is C=CCN1CCN([C@H](c2ccccc2OC)c2nnnn2C2CCCC2)CC1. The summed E-state index contributed by atoms with van der Waals surface area (Å²) in [6, 6.07) is 8.67. The number of para-hydroxylation sites is 1. The summed E-state index contributed by atoms with van der Waals surface area (Å²) in [4.78, 5) is 4.93. The van der Waals surface area contributed by atoms with Gasteiger partial charge >= 0.3 is 0 Å². The van der Waals surface area contributed by atoms with Crippen molar-refractivity contribution in [3.05, 3.63) is 48.3 Å². The van der Waals surface area contributed by atoms with E-state index in [0.717, 1.165) is 62.7 Å². The van der Waals surface area contributed by atoms with E-state index in [2.05, 4.69) is 48.7 Å². The highest BCUT2D eigenvalue weighted by Gasteiger charge is 2.34. The van der Waals surface area contributed by atoms with Crippen LogP contribution in [0, 0.1) is 0 Å². The summed E-state index contributed by atoms with van der Waals surface area (Å²) in [6.07, 6.45) is 6.80. The molecule has 1 saturated carbocycles. The molecule has 4 rings (SSSR count). The summed E-state index contributed by atoms with van der Waals surface area (Å²) in [7, 11) is 1.73. The summed E-state index contributed by atoms with van der Waals surface area (Å²) < 4.78 is 7.80. The van der Waals surface area contributed by atoms with Gasteiger partial charge in [-0.3, -0.25) is 9.80 Å². The van der Waals surface area contributed by atoms with Gasteiger partial charge in [-0.05, 0) is 29.3 Å².